The van der Waals surface area contributed by atoms with Gasteiger partial charge in [0.15, 0.2) is 5.96 Å². The van der Waals surface area contributed by atoms with E-state index in [0.29, 0.717) is 6.54 Å². The molecule has 1 amide bonds. The van der Waals surface area contributed by atoms with Gasteiger partial charge >= 0.3 is 6.18 Å². The summed E-state index contributed by atoms with van der Waals surface area (Å²) in [5.41, 5.74) is 4.63. The van der Waals surface area contributed by atoms with E-state index in [0.717, 1.165) is 25.2 Å². The Balaban J connectivity index is 2.34. The monoisotopic (exact) mass is 399 g/mol. The highest BCUT2D eigenvalue weighted by Gasteiger charge is 2.34. The first kappa shape index (κ1) is 21.5. The number of likely N-dealkylation sites (N-methyl/N-ethyl adjacent to an activating group) is 1. The molecule has 0 bridgehead atoms. The second-order valence-corrected chi connectivity index (χ2v) is 6.05. The number of aromatic nitrogens is 1. The van der Waals surface area contributed by atoms with Gasteiger partial charge in [0.1, 0.15) is 18.1 Å². The van der Waals surface area contributed by atoms with E-state index in [-0.39, 0.29) is 34.9 Å². The third kappa shape index (κ3) is 5.16. The second-order valence-electron chi connectivity index (χ2n) is 6.05. The number of carbonyl (C=O) groups excluding carboxylic acids is 1. The Kier molecular flexibility index (Phi) is 6.90. The number of alkyl halides is 3. The molecule has 0 spiro atoms. The van der Waals surface area contributed by atoms with E-state index in [1.54, 1.807) is 0 Å². The largest absolute Gasteiger partial charge is 0.492 e. The molecule has 0 aliphatic carbocycles. The van der Waals surface area contributed by atoms with Gasteiger partial charge in [0.05, 0.1) is 11.1 Å². The average Bonchev–Trinajstić information content (AvgIpc) is 3.07. The van der Waals surface area contributed by atoms with E-state index < -0.39 is 17.6 Å². The van der Waals surface area contributed by atoms with Crippen LogP contribution in [0.2, 0.25) is 0 Å². The van der Waals surface area contributed by atoms with Crippen LogP contribution in [0.4, 0.5) is 13.2 Å². The molecule has 1 aromatic heterocycles. The van der Waals surface area contributed by atoms with Gasteiger partial charge in [-0.2, -0.15) is 13.2 Å². The van der Waals surface area contributed by atoms with Crippen LogP contribution in [0.1, 0.15) is 29.9 Å². The summed E-state index contributed by atoms with van der Waals surface area (Å²) in [5, 5.41) is 2.15. The van der Waals surface area contributed by atoms with Crippen molar-refractivity contribution in [2.24, 2.45) is 10.7 Å². The molecule has 10 heteroatoms. The van der Waals surface area contributed by atoms with Crippen molar-refractivity contribution in [3.8, 4) is 5.75 Å². The number of aromatic amines is 1. The molecule has 0 atom stereocenters. The van der Waals surface area contributed by atoms with Crippen molar-refractivity contribution in [3.05, 3.63) is 29.5 Å². The van der Waals surface area contributed by atoms with Crippen molar-refractivity contribution < 1.29 is 22.7 Å². The lowest BCUT2D eigenvalue weighted by molar-refractivity contribution is -0.136. The molecule has 154 valence electrons. The van der Waals surface area contributed by atoms with E-state index in [1.807, 2.05) is 13.8 Å². The summed E-state index contributed by atoms with van der Waals surface area (Å²) in [6.45, 7) is 6.50. The number of rotatable bonds is 7. The van der Waals surface area contributed by atoms with Gasteiger partial charge < -0.3 is 20.4 Å². The molecule has 0 aliphatic heterocycles. The van der Waals surface area contributed by atoms with Crippen molar-refractivity contribution in [1.29, 1.82) is 0 Å². The van der Waals surface area contributed by atoms with Crippen LogP contribution in [-0.2, 0) is 6.18 Å². The molecule has 4 N–H and O–H groups in total. The van der Waals surface area contributed by atoms with Gasteiger partial charge in [-0.15, -0.1) is 0 Å². The lowest BCUT2D eigenvalue weighted by atomic mass is 10.1. The minimum Gasteiger partial charge on any atom is -0.492 e. The molecule has 0 aliphatic rings. The maximum atomic E-state index is 13.5. The van der Waals surface area contributed by atoms with E-state index in [2.05, 4.69) is 20.2 Å². The molecular formula is C18H24F3N5O2. The zero-order valence-corrected chi connectivity index (χ0v) is 16.0. The van der Waals surface area contributed by atoms with Gasteiger partial charge in [-0.1, -0.05) is 13.8 Å². The fraction of sp³-hybridized carbons (Fsp3) is 0.444. The summed E-state index contributed by atoms with van der Waals surface area (Å²) in [5.74, 6) is -0.744. The number of carbonyl (C=O) groups is 1. The summed E-state index contributed by atoms with van der Waals surface area (Å²) in [7, 11) is 1.38. The van der Waals surface area contributed by atoms with Gasteiger partial charge in [-0.05, 0) is 25.2 Å². The maximum Gasteiger partial charge on any atom is 0.417 e. The summed E-state index contributed by atoms with van der Waals surface area (Å²) >= 11 is 0. The predicted molar refractivity (Wildman–Crippen MR) is 102 cm³/mol. The van der Waals surface area contributed by atoms with Crippen LogP contribution in [0.15, 0.2) is 23.2 Å². The fourth-order valence-electron chi connectivity index (χ4n) is 2.72. The molecule has 28 heavy (non-hydrogen) atoms. The fourth-order valence-corrected chi connectivity index (χ4v) is 2.72. The maximum absolute atomic E-state index is 13.5. The van der Waals surface area contributed by atoms with Crippen molar-refractivity contribution in [2.45, 2.75) is 20.0 Å². The standard InChI is InChI=1S/C18H24F3N5O2/c1-4-26(5-2)6-7-28-11-8-13(18(19,20)21)12-10-15(24-14(12)9-11)16(27)25-17(22)23-3/h8-10,24H,4-7H2,1-3H3,(H3,22,23,25,27). The van der Waals surface area contributed by atoms with Crippen LogP contribution in [0, 0.1) is 0 Å². The van der Waals surface area contributed by atoms with Crippen LogP contribution in [0.3, 0.4) is 0 Å². The average molecular weight is 399 g/mol. The first-order valence-electron chi connectivity index (χ1n) is 8.82. The smallest absolute Gasteiger partial charge is 0.417 e. The Hall–Kier alpha value is -2.75. The lowest BCUT2D eigenvalue weighted by Gasteiger charge is -2.18. The molecule has 2 rings (SSSR count). The topological polar surface area (TPSA) is 95.7 Å². The van der Waals surface area contributed by atoms with Gasteiger partial charge in [0, 0.05) is 25.0 Å². The number of hydrogen-bond acceptors (Lipinski definition) is 4. The number of nitrogens with zero attached hydrogens (tertiary/aromatic N) is 2. The number of amides is 1. The van der Waals surface area contributed by atoms with E-state index in [1.165, 1.54) is 13.1 Å². The van der Waals surface area contributed by atoms with Crippen LogP contribution in [-0.4, -0.2) is 55.0 Å². The minimum absolute atomic E-state index is 0.0626. The molecule has 0 fully saturated rings. The number of aliphatic imine (C=N–C) groups is 1. The Morgan fingerprint density at radius 3 is 2.54 bits per heavy atom. The van der Waals surface area contributed by atoms with Crippen LogP contribution in [0.5, 0.6) is 5.75 Å². The SMILES string of the molecule is CCN(CC)CCOc1cc(C(F)(F)F)c2cc(C(=O)NC(N)=NC)[nH]c2c1. The van der Waals surface area contributed by atoms with Crippen molar-refractivity contribution in [2.75, 3.05) is 33.3 Å². The Labute approximate surface area is 160 Å². The number of nitrogens with one attached hydrogen (secondary N) is 2. The molecule has 1 aromatic carbocycles. The second kappa shape index (κ2) is 8.96. The van der Waals surface area contributed by atoms with Crippen molar-refractivity contribution in [1.82, 2.24) is 15.2 Å². The van der Waals surface area contributed by atoms with Crippen LogP contribution >= 0.6 is 0 Å². The number of H-pyrrole nitrogens is 1. The van der Waals surface area contributed by atoms with Gasteiger partial charge in [0.2, 0.25) is 0 Å². The molecule has 0 saturated carbocycles. The van der Waals surface area contributed by atoms with E-state index in [9.17, 15) is 18.0 Å². The quantitative estimate of drug-likeness (QED) is 0.493. The Morgan fingerprint density at radius 1 is 1.29 bits per heavy atom. The van der Waals surface area contributed by atoms with Gasteiger partial charge in [-0.3, -0.25) is 15.1 Å². The summed E-state index contributed by atoms with van der Waals surface area (Å²) in [4.78, 5) is 20.5. The first-order valence-corrected chi connectivity index (χ1v) is 8.82. The van der Waals surface area contributed by atoms with Gasteiger partial charge in [-0.25, -0.2) is 0 Å². The molecule has 0 unspecified atom stereocenters. The highest BCUT2D eigenvalue weighted by atomic mass is 19.4. The van der Waals surface area contributed by atoms with Crippen LogP contribution in [0.25, 0.3) is 10.9 Å². The molecule has 2 aromatic rings. The number of benzene rings is 1. The number of guanidine groups is 1. The third-order valence-electron chi connectivity index (χ3n) is 4.31. The van der Waals surface area contributed by atoms with Crippen molar-refractivity contribution >= 4 is 22.8 Å². The molecule has 0 saturated heterocycles. The molecule has 7 nitrogen and oxygen atoms in total. The Morgan fingerprint density at radius 2 is 1.96 bits per heavy atom. The highest BCUT2D eigenvalue weighted by Crippen LogP contribution is 2.38. The minimum atomic E-state index is -4.60. The normalized spacial score (nSPS) is 12.6. The molecule has 0 radical (unpaired) electrons. The first-order chi connectivity index (χ1) is 13.2. The number of halogens is 3. The number of ether oxygens (including phenoxy) is 1. The summed E-state index contributed by atoms with van der Waals surface area (Å²) in [6, 6.07) is 3.53. The Bertz CT molecular complexity index is 857. The van der Waals surface area contributed by atoms with Crippen molar-refractivity contribution in [3.63, 3.8) is 0 Å². The molecule has 1 heterocycles. The highest BCUT2D eigenvalue weighted by molar-refractivity contribution is 6.06. The van der Waals surface area contributed by atoms with E-state index >= 15 is 0 Å². The summed E-state index contributed by atoms with van der Waals surface area (Å²) in [6.07, 6.45) is -4.60. The number of nitrogens with two attached hydrogens (primary N) is 1. The lowest BCUT2D eigenvalue weighted by Crippen LogP contribution is -2.36. The predicted octanol–water partition coefficient (Wildman–Crippen LogP) is 2.58. The van der Waals surface area contributed by atoms with Crippen LogP contribution < -0.4 is 15.8 Å². The third-order valence-corrected chi connectivity index (χ3v) is 4.31. The molecular weight excluding hydrogens is 375 g/mol. The summed E-state index contributed by atoms with van der Waals surface area (Å²) < 4.78 is 46.1. The van der Waals surface area contributed by atoms with E-state index in [4.69, 9.17) is 10.5 Å². The zero-order chi connectivity index (χ0) is 20.9. The zero-order valence-electron chi connectivity index (χ0n) is 16.0. The number of hydrogen-bond donors (Lipinski definition) is 3. The van der Waals surface area contributed by atoms with Gasteiger partial charge in [0.25, 0.3) is 5.91 Å². The number of fused-ring (bicyclic) bond motifs is 1.